The van der Waals surface area contributed by atoms with Crippen molar-refractivity contribution < 1.29 is 9.18 Å². The number of amides is 1. The van der Waals surface area contributed by atoms with Gasteiger partial charge in [0.05, 0.1) is 6.07 Å². The van der Waals surface area contributed by atoms with Gasteiger partial charge in [-0.3, -0.25) is 4.79 Å². The van der Waals surface area contributed by atoms with Crippen molar-refractivity contribution in [3.8, 4) is 6.07 Å². The number of benzene rings is 1. The Morgan fingerprint density at radius 3 is 3.00 bits per heavy atom. The first-order chi connectivity index (χ1) is 7.72. The van der Waals surface area contributed by atoms with Crippen molar-refractivity contribution in [2.75, 3.05) is 6.54 Å². The Bertz CT molecular complexity index is 398. The molecule has 0 fully saturated rings. The van der Waals surface area contributed by atoms with E-state index in [0.717, 1.165) is 12.0 Å². The first kappa shape index (κ1) is 12.2. The van der Waals surface area contributed by atoms with Crippen molar-refractivity contribution in [3.63, 3.8) is 0 Å². The lowest BCUT2D eigenvalue weighted by molar-refractivity contribution is -0.120. The first-order valence-corrected chi connectivity index (χ1v) is 5.10. The van der Waals surface area contributed by atoms with E-state index in [1.165, 1.54) is 12.1 Å². The van der Waals surface area contributed by atoms with Gasteiger partial charge in [-0.25, -0.2) is 4.39 Å². The number of aryl methyl sites for hydroxylation is 1. The van der Waals surface area contributed by atoms with Gasteiger partial charge in [0.15, 0.2) is 0 Å². The Kier molecular flexibility index (Phi) is 5.00. The fourth-order valence-electron chi connectivity index (χ4n) is 1.35. The predicted octanol–water partition coefficient (Wildman–Crippen LogP) is 1.79. The molecule has 0 bridgehead atoms. The summed E-state index contributed by atoms with van der Waals surface area (Å²) < 4.78 is 12.8. The molecule has 0 heterocycles. The summed E-state index contributed by atoms with van der Waals surface area (Å²) in [7, 11) is 0. The average Bonchev–Trinajstić information content (AvgIpc) is 2.25. The summed E-state index contributed by atoms with van der Waals surface area (Å²) in [5, 5.41) is 10.9. The molecule has 0 radical (unpaired) electrons. The van der Waals surface area contributed by atoms with Gasteiger partial charge in [-0.05, 0) is 30.5 Å². The molecule has 1 N–H and O–H groups in total. The molecular formula is C12H13FN2O. The monoisotopic (exact) mass is 220 g/mol. The molecule has 84 valence electrons. The minimum absolute atomic E-state index is 0.111. The van der Waals surface area contributed by atoms with Crippen LogP contribution in [0, 0.1) is 17.1 Å². The number of carbonyl (C=O) groups is 1. The highest BCUT2D eigenvalue weighted by atomic mass is 19.1. The Hall–Kier alpha value is -1.89. The fourth-order valence-corrected chi connectivity index (χ4v) is 1.35. The van der Waals surface area contributed by atoms with E-state index in [2.05, 4.69) is 5.32 Å². The van der Waals surface area contributed by atoms with Crippen LogP contribution in [0.25, 0.3) is 0 Å². The Morgan fingerprint density at radius 2 is 2.31 bits per heavy atom. The van der Waals surface area contributed by atoms with Gasteiger partial charge in [0.1, 0.15) is 12.2 Å². The van der Waals surface area contributed by atoms with Crippen LogP contribution in [0.5, 0.6) is 0 Å². The topological polar surface area (TPSA) is 52.9 Å². The predicted molar refractivity (Wildman–Crippen MR) is 58.0 cm³/mol. The summed E-state index contributed by atoms with van der Waals surface area (Å²) in [5.41, 5.74) is 0.912. The van der Waals surface area contributed by atoms with Gasteiger partial charge in [-0.15, -0.1) is 0 Å². The van der Waals surface area contributed by atoms with E-state index in [0.29, 0.717) is 13.0 Å². The van der Waals surface area contributed by atoms with Crippen LogP contribution in [-0.2, 0) is 11.2 Å². The van der Waals surface area contributed by atoms with Crippen molar-refractivity contribution in [2.45, 2.75) is 19.3 Å². The molecule has 0 aliphatic rings. The van der Waals surface area contributed by atoms with E-state index in [4.69, 9.17) is 5.26 Å². The van der Waals surface area contributed by atoms with Crippen molar-refractivity contribution in [2.24, 2.45) is 0 Å². The van der Waals surface area contributed by atoms with Crippen molar-refractivity contribution in [3.05, 3.63) is 35.6 Å². The molecule has 0 aliphatic heterocycles. The Labute approximate surface area is 93.9 Å². The zero-order valence-corrected chi connectivity index (χ0v) is 8.87. The minimum Gasteiger partial charge on any atom is -0.355 e. The van der Waals surface area contributed by atoms with Crippen LogP contribution < -0.4 is 5.32 Å². The third-order valence-electron chi connectivity index (χ3n) is 2.09. The smallest absolute Gasteiger partial charge is 0.234 e. The highest BCUT2D eigenvalue weighted by molar-refractivity contribution is 5.77. The first-order valence-electron chi connectivity index (χ1n) is 5.10. The summed E-state index contributed by atoms with van der Waals surface area (Å²) >= 11 is 0. The number of hydrogen-bond donors (Lipinski definition) is 1. The second-order valence-corrected chi connectivity index (χ2v) is 3.42. The zero-order chi connectivity index (χ0) is 11.8. The molecule has 3 nitrogen and oxygen atoms in total. The molecule has 1 amide bonds. The van der Waals surface area contributed by atoms with Gasteiger partial charge in [0, 0.05) is 6.54 Å². The third kappa shape index (κ3) is 4.56. The van der Waals surface area contributed by atoms with E-state index in [1.807, 2.05) is 6.07 Å². The van der Waals surface area contributed by atoms with E-state index >= 15 is 0 Å². The van der Waals surface area contributed by atoms with Crippen molar-refractivity contribution in [1.29, 1.82) is 5.26 Å². The molecule has 0 saturated carbocycles. The molecule has 16 heavy (non-hydrogen) atoms. The molecule has 0 aliphatic carbocycles. The van der Waals surface area contributed by atoms with Crippen LogP contribution in [0.1, 0.15) is 18.4 Å². The lowest BCUT2D eigenvalue weighted by Crippen LogP contribution is -2.23. The number of carbonyl (C=O) groups excluding carboxylic acids is 1. The van der Waals surface area contributed by atoms with Crippen LogP contribution >= 0.6 is 0 Å². The Balaban J connectivity index is 2.21. The fraction of sp³-hybridized carbons (Fsp3) is 0.333. The molecule has 1 rings (SSSR count). The van der Waals surface area contributed by atoms with E-state index in [-0.39, 0.29) is 18.1 Å². The van der Waals surface area contributed by atoms with Crippen LogP contribution in [0.15, 0.2) is 24.3 Å². The maximum Gasteiger partial charge on any atom is 0.234 e. The second-order valence-electron chi connectivity index (χ2n) is 3.42. The van der Waals surface area contributed by atoms with Gasteiger partial charge in [-0.1, -0.05) is 12.1 Å². The number of hydrogen-bond acceptors (Lipinski definition) is 2. The molecular weight excluding hydrogens is 207 g/mol. The Morgan fingerprint density at radius 1 is 1.50 bits per heavy atom. The van der Waals surface area contributed by atoms with Gasteiger partial charge in [0.2, 0.25) is 5.91 Å². The number of nitrogens with one attached hydrogen (secondary N) is 1. The molecule has 1 aromatic rings. The van der Waals surface area contributed by atoms with Gasteiger partial charge < -0.3 is 5.32 Å². The highest BCUT2D eigenvalue weighted by Gasteiger charge is 1.99. The summed E-state index contributed by atoms with van der Waals surface area (Å²) in [6.45, 7) is 0.511. The van der Waals surface area contributed by atoms with Crippen LogP contribution in [0.3, 0.4) is 0 Å². The zero-order valence-electron chi connectivity index (χ0n) is 8.87. The van der Waals surface area contributed by atoms with Crippen molar-refractivity contribution in [1.82, 2.24) is 5.32 Å². The number of nitrogens with zero attached hydrogens (tertiary/aromatic N) is 1. The maximum absolute atomic E-state index is 12.8. The SMILES string of the molecule is N#CCC(=O)NCCCc1cccc(F)c1. The van der Waals surface area contributed by atoms with E-state index in [1.54, 1.807) is 12.1 Å². The van der Waals surface area contributed by atoms with Crippen LogP contribution in [0.2, 0.25) is 0 Å². The standard InChI is InChI=1S/C12H13FN2O/c13-11-5-1-3-10(9-11)4-2-8-15-12(16)6-7-14/h1,3,5,9H,2,4,6,8H2,(H,15,16). The number of nitriles is 1. The molecule has 0 atom stereocenters. The molecule has 0 spiro atoms. The second kappa shape index (κ2) is 6.57. The van der Waals surface area contributed by atoms with Gasteiger partial charge in [-0.2, -0.15) is 5.26 Å². The normalized spacial score (nSPS) is 9.50. The minimum atomic E-state index is -0.262. The maximum atomic E-state index is 12.8. The third-order valence-corrected chi connectivity index (χ3v) is 2.09. The number of rotatable bonds is 5. The molecule has 1 aromatic carbocycles. The molecule has 0 unspecified atom stereocenters. The lowest BCUT2D eigenvalue weighted by atomic mass is 10.1. The van der Waals surface area contributed by atoms with Crippen molar-refractivity contribution >= 4 is 5.91 Å². The molecule has 0 aromatic heterocycles. The van der Waals surface area contributed by atoms with Gasteiger partial charge >= 0.3 is 0 Å². The summed E-state index contributed by atoms with van der Waals surface area (Å²) in [5.74, 6) is -0.507. The highest BCUT2D eigenvalue weighted by Crippen LogP contribution is 2.05. The van der Waals surface area contributed by atoms with E-state index in [9.17, 15) is 9.18 Å². The summed E-state index contributed by atoms with van der Waals surface area (Å²) in [6, 6.07) is 8.17. The molecule has 4 heteroatoms. The quantitative estimate of drug-likeness (QED) is 0.769. The number of halogens is 1. The largest absolute Gasteiger partial charge is 0.355 e. The van der Waals surface area contributed by atoms with Crippen LogP contribution in [-0.4, -0.2) is 12.5 Å². The average molecular weight is 220 g/mol. The summed E-state index contributed by atoms with van der Waals surface area (Å²) in [4.78, 5) is 10.9. The lowest BCUT2D eigenvalue weighted by Gasteiger charge is -2.03. The molecule has 0 saturated heterocycles. The van der Waals surface area contributed by atoms with E-state index < -0.39 is 0 Å². The summed E-state index contributed by atoms with van der Waals surface area (Å²) in [6.07, 6.45) is 1.34. The van der Waals surface area contributed by atoms with Gasteiger partial charge in [0.25, 0.3) is 0 Å². The van der Waals surface area contributed by atoms with Crippen LogP contribution in [0.4, 0.5) is 4.39 Å².